The molecule has 1 amide bonds. The number of thiophene rings is 1. The Morgan fingerprint density at radius 3 is 2.73 bits per heavy atom. The lowest BCUT2D eigenvalue weighted by Gasteiger charge is -2.35. The number of nitrogens with zero attached hydrogens (tertiary/aromatic N) is 2. The van der Waals surface area contributed by atoms with Gasteiger partial charge in [-0.2, -0.15) is 11.3 Å². The molecule has 1 aliphatic rings. The summed E-state index contributed by atoms with van der Waals surface area (Å²) in [6.07, 6.45) is 1.88. The molecule has 1 N–H and O–H groups in total. The maximum Gasteiger partial charge on any atom is 0.254 e. The van der Waals surface area contributed by atoms with Crippen molar-refractivity contribution < 1.29 is 4.79 Å². The predicted octanol–water partition coefficient (Wildman–Crippen LogP) is 3.19. The molecular formula is C17H17N3OS. The van der Waals surface area contributed by atoms with Gasteiger partial charge in [0.2, 0.25) is 0 Å². The van der Waals surface area contributed by atoms with E-state index in [4.69, 9.17) is 0 Å². The topological polar surface area (TPSA) is 39.3 Å². The number of benzene rings is 1. The van der Waals surface area contributed by atoms with Gasteiger partial charge < -0.3 is 14.8 Å². The largest absolute Gasteiger partial charge is 0.367 e. The van der Waals surface area contributed by atoms with Gasteiger partial charge in [-0.05, 0) is 29.6 Å². The van der Waals surface area contributed by atoms with Gasteiger partial charge in [-0.1, -0.05) is 6.07 Å². The zero-order valence-electron chi connectivity index (χ0n) is 12.2. The van der Waals surface area contributed by atoms with Crippen LogP contribution < -0.4 is 4.90 Å². The van der Waals surface area contributed by atoms with Crippen molar-refractivity contribution in [2.75, 3.05) is 31.1 Å². The quantitative estimate of drug-likeness (QED) is 0.789. The van der Waals surface area contributed by atoms with E-state index in [0.717, 1.165) is 42.6 Å². The smallest absolute Gasteiger partial charge is 0.254 e. The van der Waals surface area contributed by atoms with Crippen molar-refractivity contribution in [2.45, 2.75) is 0 Å². The van der Waals surface area contributed by atoms with E-state index in [1.165, 1.54) is 5.69 Å². The summed E-state index contributed by atoms with van der Waals surface area (Å²) in [4.78, 5) is 20.3. The van der Waals surface area contributed by atoms with E-state index >= 15 is 0 Å². The standard InChI is InChI=1S/C17H17N3OS/c21-17(15-2-1-3-16-14(15)4-6-18-16)20-9-7-19(8-10-20)13-5-11-22-12-13/h1-6,11-12,18H,7-10H2. The van der Waals surface area contributed by atoms with Crippen LogP contribution in [0.2, 0.25) is 0 Å². The zero-order valence-corrected chi connectivity index (χ0v) is 13.0. The average molecular weight is 311 g/mol. The molecule has 0 radical (unpaired) electrons. The molecule has 1 aromatic carbocycles. The van der Waals surface area contributed by atoms with E-state index in [-0.39, 0.29) is 5.91 Å². The van der Waals surface area contributed by atoms with Gasteiger partial charge in [-0.15, -0.1) is 0 Å². The van der Waals surface area contributed by atoms with Gasteiger partial charge in [0.05, 0.1) is 0 Å². The summed E-state index contributed by atoms with van der Waals surface area (Å²) >= 11 is 1.71. The Labute approximate surface area is 133 Å². The number of aromatic amines is 1. The molecule has 1 aliphatic heterocycles. The fourth-order valence-corrected chi connectivity index (χ4v) is 3.71. The molecule has 4 rings (SSSR count). The third-order valence-corrected chi connectivity index (χ3v) is 4.93. The molecule has 5 heteroatoms. The highest BCUT2D eigenvalue weighted by Crippen LogP contribution is 2.22. The average Bonchev–Trinajstić information content (AvgIpc) is 3.25. The van der Waals surface area contributed by atoms with E-state index in [0.29, 0.717) is 0 Å². The van der Waals surface area contributed by atoms with E-state index in [9.17, 15) is 4.79 Å². The molecule has 0 aliphatic carbocycles. The maximum absolute atomic E-state index is 12.8. The van der Waals surface area contributed by atoms with Crippen LogP contribution in [0.4, 0.5) is 5.69 Å². The molecule has 0 unspecified atom stereocenters. The summed E-state index contributed by atoms with van der Waals surface area (Å²) in [5.41, 5.74) is 3.08. The molecule has 22 heavy (non-hydrogen) atoms. The first-order chi connectivity index (χ1) is 10.8. The van der Waals surface area contributed by atoms with Gasteiger partial charge in [0.1, 0.15) is 0 Å². The monoisotopic (exact) mass is 311 g/mol. The first-order valence-electron chi connectivity index (χ1n) is 7.45. The third-order valence-electron chi connectivity index (χ3n) is 4.26. The van der Waals surface area contributed by atoms with Gasteiger partial charge in [0, 0.05) is 59.9 Å². The molecule has 1 fully saturated rings. The minimum Gasteiger partial charge on any atom is -0.367 e. The highest BCUT2D eigenvalue weighted by atomic mass is 32.1. The lowest BCUT2D eigenvalue weighted by Crippen LogP contribution is -2.48. The second kappa shape index (κ2) is 5.50. The minimum atomic E-state index is 0.134. The Bertz CT molecular complexity index is 785. The van der Waals surface area contributed by atoms with Crippen molar-refractivity contribution in [3.63, 3.8) is 0 Å². The van der Waals surface area contributed by atoms with Crippen molar-refractivity contribution in [3.05, 3.63) is 52.9 Å². The third kappa shape index (κ3) is 2.27. The van der Waals surface area contributed by atoms with Gasteiger partial charge in [0.25, 0.3) is 5.91 Å². The number of aromatic nitrogens is 1. The SMILES string of the molecule is O=C(c1cccc2[nH]ccc12)N1CCN(c2ccsc2)CC1. The number of rotatable bonds is 2. The van der Waals surface area contributed by atoms with Crippen LogP contribution in [0.15, 0.2) is 47.3 Å². The lowest BCUT2D eigenvalue weighted by molar-refractivity contribution is 0.0749. The number of nitrogens with one attached hydrogen (secondary N) is 1. The van der Waals surface area contributed by atoms with Crippen LogP contribution in [-0.4, -0.2) is 42.0 Å². The van der Waals surface area contributed by atoms with Crippen molar-refractivity contribution in [1.29, 1.82) is 0 Å². The molecule has 0 bridgehead atoms. The Morgan fingerprint density at radius 2 is 1.95 bits per heavy atom. The number of carbonyl (C=O) groups is 1. The highest BCUT2D eigenvalue weighted by molar-refractivity contribution is 7.08. The normalized spacial score (nSPS) is 15.5. The molecule has 2 aromatic heterocycles. The van der Waals surface area contributed by atoms with E-state index in [1.54, 1.807) is 11.3 Å². The van der Waals surface area contributed by atoms with E-state index in [1.807, 2.05) is 35.4 Å². The van der Waals surface area contributed by atoms with Crippen molar-refractivity contribution in [1.82, 2.24) is 9.88 Å². The van der Waals surface area contributed by atoms with Crippen LogP contribution in [0.3, 0.4) is 0 Å². The number of H-pyrrole nitrogens is 1. The summed E-state index contributed by atoms with van der Waals surface area (Å²) in [6, 6.07) is 9.98. The number of amides is 1. The summed E-state index contributed by atoms with van der Waals surface area (Å²) in [5, 5.41) is 5.27. The second-order valence-electron chi connectivity index (χ2n) is 5.51. The van der Waals surface area contributed by atoms with Gasteiger partial charge in [-0.3, -0.25) is 4.79 Å². The highest BCUT2D eigenvalue weighted by Gasteiger charge is 2.23. The number of piperazine rings is 1. The van der Waals surface area contributed by atoms with E-state index < -0.39 is 0 Å². The maximum atomic E-state index is 12.8. The first-order valence-corrected chi connectivity index (χ1v) is 8.40. The van der Waals surface area contributed by atoms with Crippen LogP contribution in [0.1, 0.15) is 10.4 Å². The van der Waals surface area contributed by atoms with Crippen LogP contribution in [0.25, 0.3) is 10.9 Å². The molecule has 0 atom stereocenters. The second-order valence-corrected chi connectivity index (χ2v) is 6.29. The number of hydrogen-bond acceptors (Lipinski definition) is 3. The Morgan fingerprint density at radius 1 is 1.09 bits per heavy atom. The lowest BCUT2D eigenvalue weighted by atomic mass is 10.1. The predicted molar refractivity (Wildman–Crippen MR) is 90.7 cm³/mol. The van der Waals surface area contributed by atoms with Crippen LogP contribution >= 0.6 is 11.3 Å². The molecule has 112 valence electrons. The van der Waals surface area contributed by atoms with Crippen molar-refractivity contribution in [3.8, 4) is 0 Å². The van der Waals surface area contributed by atoms with Crippen LogP contribution in [0, 0.1) is 0 Å². The first kappa shape index (κ1) is 13.4. The molecule has 3 heterocycles. The zero-order chi connectivity index (χ0) is 14.9. The molecule has 1 saturated heterocycles. The Hall–Kier alpha value is -2.27. The van der Waals surface area contributed by atoms with Crippen LogP contribution in [-0.2, 0) is 0 Å². The minimum absolute atomic E-state index is 0.134. The number of carbonyl (C=O) groups excluding carboxylic acids is 1. The summed E-state index contributed by atoms with van der Waals surface area (Å²) in [6.45, 7) is 3.34. The fraction of sp³-hybridized carbons (Fsp3) is 0.235. The Kier molecular flexibility index (Phi) is 3.35. The molecule has 0 saturated carbocycles. The summed E-state index contributed by atoms with van der Waals surface area (Å²) in [5.74, 6) is 0.134. The van der Waals surface area contributed by atoms with Gasteiger partial charge in [-0.25, -0.2) is 0 Å². The van der Waals surface area contributed by atoms with Gasteiger partial charge in [0.15, 0.2) is 0 Å². The van der Waals surface area contributed by atoms with Crippen molar-refractivity contribution in [2.24, 2.45) is 0 Å². The van der Waals surface area contributed by atoms with Gasteiger partial charge >= 0.3 is 0 Å². The number of anilines is 1. The number of fused-ring (bicyclic) bond motifs is 1. The molecule has 0 spiro atoms. The number of hydrogen-bond donors (Lipinski definition) is 1. The van der Waals surface area contributed by atoms with Crippen molar-refractivity contribution >= 4 is 33.8 Å². The summed E-state index contributed by atoms with van der Waals surface area (Å²) in [7, 11) is 0. The summed E-state index contributed by atoms with van der Waals surface area (Å²) < 4.78 is 0. The molecular weight excluding hydrogens is 294 g/mol. The van der Waals surface area contributed by atoms with Crippen LogP contribution in [0.5, 0.6) is 0 Å². The fourth-order valence-electron chi connectivity index (χ4n) is 3.05. The molecule has 3 aromatic rings. The molecule has 4 nitrogen and oxygen atoms in total. The Balaban J connectivity index is 1.51. The van der Waals surface area contributed by atoms with E-state index in [2.05, 4.69) is 26.7 Å².